The van der Waals surface area contributed by atoms with Crippen LogP contribution in [0, 0.1) is 5.92 Å². The summed E-state index contributed by atoms with van der Waals surface area (Å²) in [7, 11) is 3.11. The van der Waals surface area contributed by atoms with Gasteiger partial charge in [-0.05, 0) is 66.6 Å². The smallest absolute Gasteiger partial charge is 0.338 e. The van der Waals surface area contributed by atoms with Crippen molar-refractivity contribution in [1.82, 2.24) is 0 Å². The van der Waals surface area contributed by atoms with Crippen LogP contribution in [0.25, 0.3) is 0 Å². The van der Waals surface area contributed by atoms with Crippen LogP contribution in [0.2, 0.25) is 0 Å². The summed E-state index contributed by atoms with van der Waals surface area (Å²) < 4.78 is 16.0. The number of hydrogen-bond acceptors (Lipinski definition) is 5. The zero-order chi connectivity index (χ0) is 23.0. The molecule has 0 spiro atoms. The predicted octanol–water partition coefficient (Wildman–Crippen LogP) is 5.52. The van der Waals surface area contributed by atoms with E-state index in [2.05, 4.69) is 59.5 Å². The molecule has 33 heavy (non-hydrogen) atoms. The van der Waals surface area contributed by atoms with Crippen molar-refractivity contribution in [2.24, 2.45) is 5.92 Å². The molecule has 5 heteroatoms. The molecule has 0 atom stereocenters. The number of hydrogen-bond donors (Lipinski definition) is 0. The summed E-state index contributed by atoms with van der Waals surface area (Å²) in [6.45, 7) is 2.46. The first-order valence-electron chi connectivity index (χ1n) is 11.4. The second-order valence-corrected chi connectivity index (χ2v) is 8.43. The van der Waals surface area contributed by atoms with Gasteiger partial charge in [0.05, 0.1) is 19.8 Å². The maximum absolute atomic E-state index is 12.4. The predicted molar refractivity (Wildman–Crippen MR) is 130 cm³/mol. The van der Waals surface area contributed by atoms with E-state index in [-0.39, 0.29) is 12.6 Å². The number of carbonyl (C=O) groups is 1. The van der Waals surface area contributed by atoms with E-state index < -0.39 is 0 Å². The normalized spacial score (nSPS) is 14.1. The number of piperidine rings is 1. The van der Waals surface area contributed by atoms with Crippen LogP contribution in [-0.2, 0) is 17.8 Å². The molecule has 172 valence electrons. The maximum atomic E-state index is 12.4. The number of para-hydroxylation sites is 1. The van der Waals surface area contributed by atoms with E-state index in [1.165, 1.54) is 24.1 Å². The highest BCUT2D eigenvalue weighted by molar-refractivity contribution is 5.90. The highest BCUT2D eigenvalue weighted by Gasteiger charge is 2.19. The van der Waals surface area contributed by atoms with Gasteiger partial charge in [0.1, 0.15) is 6.61 Å². The Kier molecular flexibility index (Phi) is 7.51. The Morgan fingerprint density at radius 1 is 0.848 bits per heavy atom. The highest BCUT2D eigenvalue weighted by Crippen LogP contribution is 2.28. The first-order valence-corrected chi connectivity index (χ1v) is 11.4. The molecule has 1 fully saturated rings. The lowest BCUT2D eigenvalue weighted by Crippen LogP contribution is -2.34. The number of nitrogens with zero attached hydrogens (tertiary/aromatic N) is 1. The molecule has 0 amide bonds. The summed E-state index contributed by atoms with van der Waals surface area (Å²) in [6, 6.07) is 24.1. The molecular weight excluding hydrogens is 414 g/mol. The lowest BCUT2D eigenvalue weighted by Gasteiger charge is -2.33. The van der Waals surface area contributed by atoms with E-state index >= 15 is 0 Å². The molecule has 0 bridgehead atoms. The fourth-order valence-corrected chi connectivity index (χ4v) is 4.33. The quantitative estimate of drug-likeness (QED) is 0.427. The van der Waals surface area contributed by atoms with Crippen LogP contribution in [-0.4, -0.2) is 33.3 Å². The van der Waals surface area contributed by atoms with Gasteiger partial charge < -0.3 is 19.1 Å². The van der Waals surface area contributed by atoms with Gasteiger partial charge in [0.15, 0.2) is 11.5 Å². The van der Waals surface area contributed by atoms with E-state index in [9.17, 15) is 4.79 Å². The molecular formula is C28H31NO4. The Bertz CT molecular complexity index is 1040. The van der Waals surface area contributed by atoms with Crippen molar-refractivity contribution >= 4 is 11.7 Å². The molecule has 1 aliphatic rings. The standard InChI is InChI=1S/C28H31NO4/c1-31-26-13-12-24(19-27(26)32-2)28(30)33-20-23-10-8-21(9-11-23)18-22-14-16-29(17-15-22)25-6-4-3-5-7-25/h3-13,19,22H,14-18,20H2,1-2H3. The summed E-state index contributed by atoms with van der Waals surface area (Å²) in [5, 5.41) is 0. The van der Waals surface area contributed by atoms with Crippen LogP contribution in [0.4, 0.5) is 5.69 Å². The summed E-state index contributed by atoms with van der Waals surface area (Å²) >= 11 is 0. The minimum atomic E-state index is -0.384. The average molecular weight is 446 g/mol. The Morgan fingerprint density at radius 2 is 1.52 bits per heavy atom. The van der Waals surface area contributed by atoms with Crippen molar-refractivity contribution in [2.45, 2.75) is 25.9 Å². The van der Waals surface area contributed by atoms with Crippen molar-refractivity contribution < 1.29 is 19.0 Å². The third kappa shape index (κ3) is 5.86. The second-order valence-electron chi connectivity index (χ2n) is 8.43. The van der Waals surface area contributed by atoms with Gasteiger partial charge in [0, 0.05) is 18.8 Å². The van der Waals surface area contributed by atoms with Gasteiger partial charge in [-0.3, -0.25) is 0 Å². The van der Waals surface area contributed by atoms with Crippen LogP contribution in [0.1, 0.15) is 34.3 Å². The molecule has 1 aliphatic heterocycles. The molecule has 1 saturated heterocycles. The van der Waals surface area contributed by atoms with Crippen molar-refractivity contribution in [2.75, 3.05) is 32.2 Å². The third-order valence-electron chi connectivity index (χ3n) is 6.27. The Balaban J connectivity index is 1.25. The number of rotatable bonds is 8. The van der Waals surface area contributed by atoms with Gasteiger partial charge in [-0.15, -0.1) is 0 Å². The molecule has 0 N–H and O–H groups in total. The fourth-order valence-electron chi connectivity index (χ4n) is 4.33. The van der Waals surface area contributed by atoms with Crippen molar-refractivity contribution in [1.29, 1.82) is 0 Å². The van der Waals surface area contributed by atoms with Gasteiger partial charge in [-0.2, -0.15) is 0 Å². The van der Waals surface area contributed by atoms with Crippen molar-refractivity contribution in [3.05, 3.63) is 89.5 Å². The summed E-state index contributed by atoms with van der Waals surface area (Å²) in [4.78, 5) is 14.9. The monoisotopic (exact) mass is 445 g/mol. The minimum Gasteiger partial charge on any atom is -0.493 e. The van der Waals surface area contributed by atoms with Crippen LogP contribution >= 0.6 is 0 Å². The topological polar surface area (TPSA) is 48.0 Å². The molecule has 0 radical (unpaired) electrons. The van der Waals surface area contributed by atoms with Crippen LogP contribution in [0.15, 0.2) is 72.8 Å². The minimum absolute atomic E-state index is 0.239. The van der Waals surface area contributed by atoms with E-state index in [0.29, 0.717) is 23.0 Å². The molecule has 0 aromatic heterocycles. The second kappa shape index (κ2) is 10.9. The SMILES string of the molecule is COc1ccc(C(=O)OCc2ccc(CC3CCN(c4ccccc4)CC3)cc2)cc1OC. The summed E-state index contributed by atoms with van der Waals surface area (Å²) in [5.74, 6) is 1.41. The number of carbonyl (C=O) groups excluding carboxylic acids is 1. The number of anilines is 1. The lowest BCUT2D eigenvalue weighted by atomic mass is 9.89. The van der Waals surface area contributed by atoms with Crippen LogP contribution in [0.5, 0.6) is 11.5 Å². The number of ether oxygens (including phenoxy) is 3. The van der Waals surface area contributed by atoms with E-state index in [4.69, 9.17) is 14.2 Å². The highest BCUT2D eigenvalue weighted by atomic mass is 16.5. The molecule has 3 aromatic carbocycles. The summed E-state index contributed by atoms with van der Waals surface area (Å²) in [6.07, 6.45) is 3.51. The average Bonchev–Trinajstić information content (AvgIpc) is 2.88. The zero-order valence-electron chi connectivity index (χ0n) is 19.3. The van der Waals surface area contributed by atoms with Gasteiger partial charge in [-0.25, -0.2) is 4.79 Å². The van der Waals surface area contributed by atoms with Crippen LogP contribution in [0.3, 0.4) is 0 Å². The number of methoxy groups -OCH3 is 2. The largest absolute Gasteiger partial charge is 0.493 e. The van der Waals surface area contributed by atoms with E-state index in [1.54, 1.807) is 32.4 Å². The molecule has 4 rings (SSSR count). The Labute approximate surface area is 195 Å². The first kappa shape index (κ1) is 22.7. The fraction of sp³-hybridized carbons (Fsp3) is 0.321. The molecule has 0 saturated carbocycles. The molecule has 1 heterocycles. The number of esters is 1. The maximum Gasteiger partial charge on any atom is 0.338 e. The molecule has 0 aliphatic carbocycles. The molecule has 5 nitrogen and oxygen atoms in total. The van der Waals surface area contributed by atoms with Crippen LogP contribution < -0.4 is 14.4 Å². The van der Waals surface area contributed by atoms with E-state index in [0.717, 1.165) is 25.1 Å². The van der Waals surface area contributed by atoms with Gasteiger partial charge in [0.25, 0.3) is 0 Å². The number of benzene rings is 3. The third-order valence-corrected chi connectivity index (χ3v) is 6.27. The molecule has 3 aromatic rings. The lowest BCUT2D eigenvalue weighted by molar-refractivity contribution is 0.0472. The van der Waals surface area contributed by atoms with Gasteiger partial charge >= 0.3 is 5.97 Å². The summed E-state index contributed by atoms with van der Waals surface area (Å²) in [5.41, 5.74) is 4.07. The molecule has 0 unspecified atom stereocenters. The van der Waals surface area contributed by atoms with Gasteiger partial charge in [0.2, 0.25) is 0 Å². The Morgan fingerprint density at radius 3 is 2.18 bits per heavy atom. The van der Waals surface area contributed by atoms with Gasteiger partial charge in [-0.1, -0.05) is 42.5 Å². The zero-order valence-corrected chi connectivity index (χ0v) is 19.3. The van der Waals surface area contributed by atoms with Crippen molar-refractivity contribution in [3.8, 4) is 11.5 Å². The Hall–Kier alpha value is -3.47. The van der Waals surface area contributed by atoms with Crippen molar-refractivity contribution in [3.63, 3.8) is 0 Å². The van der Waals surface area contributed by atoms with E-state index in [1.807, 2.05) is 0 Å². The first-order chi connectivity index (χ1) is 16.2.